The van der Waals surface area contributed by atoms with Crippen molar-refractivity contribution in [3.63, 3.8) is 0 Å². The van der Waals surface area contributed by atoms with E-state index in [4.69, 9.17) is 0 Å². The molecule has 2 heteroatoms. The van der Waals surface area contributed by atoms with Crippen LogP contribution >= 0.6 is 0 Å². The van der Waals surface area contributed by atoms with Gasteiger partial charge in [0.15, 0.2) is 0 Å². The van der Waals surface area contributed by atoms with Crippen molar-refractivity contribution < 1.29 is 5.11 Å². The van der Waals surface area contributed by atoms with E-state index in [2.05, 4.69) is 11.4 Å². The maximum Gasteiger partial charge on any atom is 0.115 e. The summed E-state index contributed by atoms with van der Waals surface area (Å²) in [6, 6.07) is 6.62. The highest BCUT2D eigenvalue weighted by Crippen LogP contribution is 2.38. The lowest BCUT2D eigenvalue weighted by atomic mass is 9.93. The van der Waals surface area contributed by atoms with Gasteiger partial charge in [0.2, 0.25) is 0 Å². The van der Waals surface area contributed by atoms with Crippen LogP contribution in [-0.2, 0) is 6.42 Å². The van der Waals surface area contributed by atoms with Gasteiger partial charge in [-0.05, 0) is 67.8 Å². The van der Waals surface area contributed by atoms with E-state index in [-0.39, 0.29) is 0 Å². The molecule has 0 spiro atoms. The minimum Gasteiger partial charge on any atom is -0.508 e. The van der Waals surface area contributed by atoms with Crippen LogP contribution in [0, 0.1) is 0 Å². The third kappa shape index (κ3) is 1.82. The Morgan fingerprint density at radius 3 is 3.06 bits per heavy atom. The summed E-state index contributed by atoms with van der Waals surface area (Å²) in [7, 11) is 0. The molecule has 2 aliphatic rings. The van der Waals surface area contributed by atoms with Crippen LogP contribution in [0.15, 0.2) is 18.2 Å². The molecule has 2 N–H and O–H groups in total. The Morgan fingerprint density at radius 2 is 2.25 bits per heavy atom. The van der Waals surface area contributed by atoms with Crippen LogP contribution in [0.5, 0.6) is 5.75 Å². The third-order valence-corrected chi connectivity index (χ3v) is 4.06. The van der Waals surface area contributed by atoms with E-state index in [1.807, 2.05) is 12.1 Å². The average molecular weight is 217 g/mol. The van der Waals surface area contributed by atoms with Gasteiger partial charge in [-0.25, -0.2) is 0 Å². The lowest BCUT2D eigenvalue weighted by Crippen LogP contribution is -2.23. The van der Waals surface area contributed by atoms with Crippen molar-refractivity contribution in [2.24, 2.45) is 0 Å². The number of nitrogens with one attached hydrogen (secondary N) is 1. The summed E-state index contributed by atoms with van der Waals surface area (Å²) in [5.41, 5.74) is 2.84. The minimum absolute atomic E-state index is 0.415. The number of rotatable bonds is 2. The van der Waals surface area contributed by atoms with Crippen molar-refractivity contribution in [2.75, 3.05) is 6.54 Å². The summed E-state index contributed by atoms with van der Waals surface area (Å²) in [6.45, 7) is 1.19. The molecule has 2 nitrogen and oxygen atoms in total. The molecule has 0 radical (unpaired) electrons. The van der Waals surface area contributed by atoms with Gasteiger partial charge in [-0.15, -0.1) is 0 Å². The number of fused-ring (bicyclic) bond motifs is 1. The fourth-order valence-electron chi connectivity index (χ4n) is 3.24. The van der Waals surface area contributed by atoms with Gasteiger partial charge >= 0.3 is 0 Å². The van der Waals surface area contributed by atoms with Crippen molar-refractivity contribution in [1.82, 2.24) is 5.32 Å². The summed E-state index contributed by atoms with van der Waals surface area (Å²) in [5, 5.41) is 13.0. The quantitative estimate of drug-likeness (QED) is 0.798. The van der Waals surface area contributed by atoms with Gasteiger partial charge in [-0.3, -0.25) is 0 Å². The van der Waals surface area contributed by atoms with Crippen molar-refractivity contribution in [3.05, 3.63) is 29.3 Å². The van der Waals surface area contributed by atoms with Gasteiger partial charge in [0.1, 0.15) is 5.75 Å². The van der Waals surface area contributed by atoms with Crippen molar-refractivity contribution in [3.8, 4) is 5.75 Å². The Kier molecular flexibility index (Phi) is 2.60. The van der Waals surface area contributed by atoms with Gasteiger partial charge in [0, 0.05) is 6.04 Å². The SMILES string of the molecule is Oc1ccc2c(c1)CCC2CC1CCCN1. The van der Waals surface area contributed by atoms with Crippen LogP contribution in [0.3, 0.4) is 0 Å². The smallest absolute Gasteiger partial charge is 0.115 e. The van der Waals surface area contributed by atoms with E-state index in [0.717, 1.165) is 12.5 Å². The molecule has 1 heterocycles. The molecule has 0 amide bonds. The van der Waals surface area contributed by atoms with E-state index in [1.54, 1.807) is 0 Å². The molecule has 2 unspecified atom stereocenters. The zero-order valence-corrected chi connectivity index (χ0v) is 9.58. The van der Waals surface area contributed by atoms with Crippen LogP contribution in [0.4, 0.5) is 0 Å². The topological polar surface area (TPSA) is 32.3 Å². The van der Waals surface area contributed by atoms with Crippen LogP contribution in [-0.4, -0.2) is 17.7 Å². The van der Waals surface area contributed by atoms with E-state index < -0.39 is 0 Å². The second kappa shape index (κ2) is 4.10. The van der Waals surface area contributed by atoms with E-state index in [1.165, 1.54) is 43.4 Å². The first kappa shape index (κ1) is 10.2. The molecule has 1 saturated heterocycles. The van der Waals surface area contributed by atoms with Crippen LogP contribution < -0.4 is 5.32 Å². The molecule has 86 valence electrons. The molecule has 2 atom stereocenters. The normalized spacial score (nSPS) is 28.2. The fraction of sp³-hybridized carbons (Fsp3) is 0.571. The number of aryl methyl sites for hydroxylation is 1. The second-order valence-electron chi connectivity index (χ2n) is 5.15. The summed E-state index contributed by atoms with van der Waals surface area (Å²) < 4.78 is 0. The molecule has 1 aromatic rings. The van der Waals surface area contributed by atoms with Crippen LogP contribution in [0.2, 0.25) is 0 Å². The van der Waals surface area contributed by atoms with Gasteiger partial charge in [-0.1, -0.05) is 6.07 Å². The lowest BCUT2D eigenvalue weighted by molar-refractivity contribution is 0.474. The monoisotopic (exact) mass is 217 g/mol. The Morgan fingerprint density at radius 1 is 1.31 bits per heavy atom. The number of phenolic OH excluding ortho intramolecular Hbond substituents is 1. The Labute approximate surface area is 96.7 Å². The van der Waals surface area contributed by atoms with Crippen LogP contribution in [0.25, 0.3) is 0 Å². The summed E-state index contributed by atoms with van der Waals surface area (Å²) in [4.78, 5) is 0. The molecule has 0 saturated carbocycles. The third-order valence-electron chi connectivity index (χ3n) is 4.06. The predicted molar refractivity (Wildman–Crippen MR) is 64.8 cm³/mol. The average Bonchev–Trinajstić information content (AvgIpc) is 2.89. The van der Waals surface area contributed by atoms with Crippen molar-refractivity contribution in [1.29, 1.82) is 0 Å². The highest BCUT2D eigenvalue weighted by Gasteiger charge is 2.26. The van der Waals surface area contributed by atoms with Gasteiger partial charge < -0.3 is 10.4 Å². The van der Waals surface area contributed by atoms with E-state index in [9.17, 15) is 5.11 Å². The molecule has 0 aromatic heterocycles. The Bertz CT molecular complexity index is 382. The molecule has 16 heavy (non-hydrogen) atoms. The minimum atomic E-state index is 0.415. The van der Waals surface area contributed by atoms with E-state index >= 15 is 0 Å². The second-order valence-corrected chi connectivity index (χ2v) is 5.15. The van der Waals surface area contributed by atoms with Gasteiger partial charge in [-0.2, -0.15) is 0 Å². The largest absolute Gasteiger partial charge is 0.508 e. The summed E-state index contributed by atoms with van der Waals surface area (Å²) in [5.74, 6) is 1.13. The maximum atomic E-state index is 9.45. The number of hydrogen-bond donors (Lipinski definition) is 2. The molecule has 1 aliphatic heterocycles. The van der Waals surface area contributed by atoms with Crippen molar-refractivity contribution in [2.45, 2.75) is 44.1 Å². The first-order valence-electron chi connectivity index (χ1n) is 6.38. The van der Waals surface area contributed by atoms with Gasteiger partial charge in [0.05, 0.1) is 0 Å². The first-order valence-corrected chi connectivity index (χ1v) is 6.38. The van der Waals surface area contributed by atoms with Crippen molar-refractivity contribution >= 4 is 0 Å². The molecule has 1 aromatic carbocycles. The molecule has 1 fully saturated rings. The van der Waals surface area contributed by atoms with Crippen LogP contribution in [0.1, 0.15) is 42.7 Å². The summed E-state index contributed by atoms with van der Waals surface area (Å²) >= 11 is 0. The number of aromatic hydroxyl groups is 1. The number of phenols is 1. The molecular formula is C14H19NO. The lowest BCUT2D eigenvalue weighted by Gasteiger charge is -2.17. The Hall–Kier alpha value is -1.02. The molecule has 1 aliphatic carbocycles. The Balaban J connectivity index is 1.75. The first-order chi connectivity index (χ1) is 7.83. The standard InChI is InChI=1S/C14H19NO/c16-13-5-6-14-10(3-4-11(14)9-13)8-12-2-1-7-15-12/h5-6,9-10,12,15-16H,1-4,7-8H2. The van der Waals surface area contributed by atoms with Gasteiger partial charge in [0.25, 0.3) is 0 Å². The number of benzene rings is 1. The summed E-state index contributed by atoms with van der Waals surface area (Å²) in [6.07, 6.45) is 6.35. The highest BCUT2D eigenvalue weighted by atomic mass is 16.3. The van der Waals surface area contributed by atoms with E-state index in [0.29, 0.717) is 11.7 Å². The zero-order chi connectivity index (χ0) is 11.0. The maximum absolute atomic E-state index is 9.45. The number of hydrogen-bond acceptors (Lipinski definition) is 2. The molecule has 0 bridgehead atoms. The zero-order valence-electron chi connectivity index (χ0n) is 9.58. The predicted octanol–water partition coefficient (Wildman–Crippen LogP) is 2.56. The molecule has 3 rings (SSSR count). The fourth-order valence-corrected chi connectivity index (χ4v) is 3.24. The highest BCUT2D eigenvalue weighted by molar-refractivity contribution is 5.40. The molecular weight excluding hydrogens is 198 g/mol.